The first kappa shape index (κ1) is 20.7. The normalized spacial score (nSPS) is 14.6. The number of carbonyl (C=O) groups is 2. The minimum atomic E-state index is -0.369. The van der Waals surface area contributed by atoms with E-state index in [1.165, 1.54) is 41.5 Å². The van der Waals surface area contributed by atoms with Crippen LogP contribution in [0.15, 0.2) is 29.2 Å². The van der Waals surface area contributed by atoms with Gasteiger partial charge in [-0.1, -0.05) is 19.4 Å². The first-order valence-electron chi connectivity index (χ1n) is 9.59. The fourth-order valence-electron chi connectivity index (χ4n) is 3.42. The molecule has 0 radical (unpaired) electrons. The maximum absolute atomic E-state index is 13.0. The highest BCUT2D eigenvalue weighted by atomic mass is 32.2. The lowest BCUT2D eigenvalue weighted by atomic mass is 10.1. The molecule has 0 saturated heterocycles. The quantitative estimate of drug-likeness (QED) is 0.302. The number of thiophene rings is 1. The van der Waals surface area contributed by atoms with Gasteiger partial charge in [-0.05, 0) is 55.9 Å². The van der Waals surface area contributed by atoms with Gasteiger partial charge >= 0.3 is 5.97 Å². The van der Waals surface area contributed by atoms with E-state index in [0.717, 1.165) is 36.1 Å². The van der Waals surface area contributed by atoms with Gasteiger partial charge in [0.15, 0.2) is 0 Å². The van der Waals surface area contributed by atoms with Crippen LogP contribution in [0.5, 0.6) is 0 Å². The van der Waals surface area contributed by atoms with Crippen LogP contribution in [0.2, 0.25) is 0 Å². The van der Waals surface area contributed by atoms with Crippen molar-refractivity contribution in [3.8, 4) is 0 Å². The Balaban J connectivity index is 1.83. The number of fused-ring (bicyclic) bond motifs is 1. The molecule has 0 bridgehead atoms. The van der Waals surface area contributed by atoms with Crippen LogP contribution in [0.3, 0.4) is 0 Å². The van der Waals surface area contributed by atoms with Crippen LogP contribution in [-0.2, 0) is 22.4 Å². The van der Waals surface area contributed by atoms with Crippen LogP contribution in [0, 0.1) is 0 Å². The number of aryl methyl sites for hydroxylation is 1. The third kappa shape index (κ3) is 4.70. The Morgan fingerprint density at radius 2 is 2.07 bits per heavy atom. The Kier molecular flexibility index (Phi) is 7.02. The lowest BCUT2D eigenvalue weighted by Crippen LogP contribution is -2.25. The SMILES string of the molecule is CCC(Sc1cccc(N)c1)C(=O)Nc1sc2c(c1C(=O)OC)CCCCC2. The van der Waals surface area contributed by atoms with Crippen LogP contribution >= 0.6 is 23.1 Å². The molecular weight excluding hydrogens is 392 g/mol. The smallest absolute Gasteiger partial charge is 0.341 e. The number of hydrogen-bond acceptors (Lipinski definition) is 6. The summed E-state index contributed by atoms with van der Waals surface area (Å²) in [6.07, 6.45) is 5.83. The van der Waals surface area contributed by atoms with Gasteiger partial charge in [0.1, 0.15) is 5.00 Å². The Morgan fingerprint density at radius 3 is 2.79 bits per heavy atom. The summed E-state index contributed by atoms with van der Waals surface area (Å²) in [5.74, 6) is -0.470. The predicted octanol–water partition coefficient (Wildman–Crippen LogP) is 4.90. The summed E-state index contributed by atoms with van der Waals surface area (Å²) in [6, 6.07) is 7.53. The van der Waals surface area contributed by atoms with Gasteiger partial charge in [-0.25, -0.2) is 4.79 Å². The number of thioether (sulfide) groups is 1. The molecule has 1 atom stereocenters. The van der Waals surface area contributed by atoms with E-state index in [-0.39, 0.29) is 17.1 Å². The number of esters is 1. The van der Waals surface area contributed by atoms with Crippen molar-refractivity contribution in [3.05, 3.63) is 40.3 Å². The minimum Gasteiger partial charge on any atom is -0.465 e. The molecule has 2 aromatic rings. The van der Waals surface area contributed by atoms with Gasteiger partial charge in [0, 0.05) is 15.5 Å². The number of nitrogens with one attached hydrogen (secondary N) is 1. The molecule has 7 heteroatoms. The monoisotopic (exact) mass is 418 g/mol. The summed E-state index contributed by atoms with van der Waals surface area (Å²) in [4.78, 5) is 27.6. The number of methoxy groups -OCH3 is 1. The number of hydrogen-bond donors (Lipinski definition) is 2. The molecule has 0 aliphatic heterocycles. The van der Waals surface area contributed by atoms with Gasteiger partial charge in [-0.2, -0.15) is 0 Å². The standard InChI is InChI=1S/C21H26N2O3S2/c1-3-16(27-14-9-7-8-13(22)12-14)19(24)23-20-18(21(25)26-2)15-10-5-4-6-11-17(15)28-20/h7-9,12,16H,3-6,10-11,22H2,1-2H3,(H,23,24). The second kappa shape index (κ2) is 9.47. The summed E-state index contributed by atoms with van der Waals surface area (Å²) in [5.41, 5.74) is 8.12. The molecule has 1 aliphatic rings. The third-order valence-corrected chi connectivity index (χ3v) is 7.41. The molecule has 1 aromatic carbocycles. The largest absolute Gasteiger partial charge is 0.465 e. The van der Waals surface area contributed by atoms with Crippen molar-refractivity contribution in [2.24, 2.45) is 0 Å². The van der Waals surface area contributed by atoms with E-state index in [4.69, 9.17) is 10.5 Å². The molecule has 3 rings (SSSR count). The molecule has 1 unspecified atom stereocenters. The highest BCUT2D eigenvalue weighted by molar-refractivity contribution is 8.00. The Labute approximate surface area is 174 Å². The zero-order valence-electron chi connectivity index (χ0n) is 16.2. The lowest BCUT2D eigenvalue weighted by Gasteiger charge is -2.15. The Bertz CT molecular complexity index is 863. The fraction of sp³-hybridized carbons (Fsp3) is 0.429. The average molecular weight is 419 g/mol. The highest BCUT2D eigenvalue weighted by Crippen LogP contribution is 2.38. The van der Waals surface area contributed by atoms with Crippen LogP contribution in [0.4, 0.5) is 10.7 Å². The number of ether oxygens (including phenoxy) is 1. The molecular formula is C21H26N2O3S2. The Hall–Kier alpha value is -1.99. The highest BCUT2D eigenvalue weighted by Gasteiger charge is 2.28. The number of nitrogens with two attached hydrogens (primary N) is 1. The van der Waals surface area contributed by atoms with E-state index in [9.17, 15) is 9.59 Å². The van der Waals surface area contributed by atoms with Crippen LogP contribution < -0.4 is 11.1 Å². The summed E-state index contributed by atoms with van der Waals surface area (Å²) in [5, 5.41) is 3.37. The van der Waals surface area contributed by atoms with E-state index in [1.54, 1.807) is 0 Å². The lowest BCUT2D eigenvalue weighted by molar-refractivity contribution is -0.115. The number of carbonyl (C=O) groups excluding carboxylic acids is 2. The van der Waals surface area contributed by atoms with Crippen molar-refractivity contribution < 1.29 is 14.3 Å². The summed E-state index contributed by atoms with van der Waals surface area (Å²) in [7, 11) is 1.39. The van der Waals surface area contributed by atoms with E-state index in [0.29, 0.717) is 22.7 Å². The molecule has 3 N–H and O–H groups in total. The van der Waals surface area contributed by atoms with Gasteiger partial charge < -0.3 is 15.8 Å². The van der Waals surface area contributed by atoms with Crippen LogP contribution in [0.1, 0.15) is 53.4 Å². The number of anilines is 2. The Morgan fingerprint density at radius 1 is 1.29 bits per heavy atom. The zero-order chi connectivity index (χ0) is 20.1. The van der Waals surface area contributed by atoms with Gasteiger partial charge in [0.2, 0.25) is 5.91 Å². The van der Waals surface area contributed by atoms with Gasteiger partial charge in [-0.15, -0.1) is 23.1 Å². The van der Waals surface area contributed by atoms with Crippen molar-refractivity contribution in [2.45, 2.75) is 55.6 Å². The van der Waals surface area contributed by atoms with Crippen molar-refractivity contribution in [3.63, 3.8) is 0 Å². The van der Waals surface area contributed by atoms with E-state index >= 15 is 0 Å². The third-order valence-electron chi connectivity index (χ3n) is 4.85. The first-order chi connectivity index (χ1) is 13.5. The molecule has 1 heterocycles. The molecule has 1 aliphatic carbocycles. The maximum atomic E-state index is 13.0. The second-order valence-corrected chi connectivity index (χ2v) is 9.22. The van der Waals surface area contributed by atoms with Crippen molar-refractivity contribution in [1.29, 1.82) is 0 Å². The number of amides is 1. The van der Waals surface area contributed by atoms with Crippen LogP contribution in [-0.4, -0.2) is 24.2 Å². The van der Waals surface area contributed by atoms with E-state index in [2.05, 4.69) is 5.32 Å². The molecule has 1 aromatic heterocycles. The molecule has 0 saturated carbocycles. The molecule has 150 valence electrons. The van der Waals surface area contributed by atoms with Crippen molar-refractivity contribution >= 4 is 45.7 Å². The first-order valence-corrected chi connectivity index (χ1v) is 11.3. The van der Waals surface area contributed by atoms with Gasteiger partial charge in [0.25, 0.3) is 0 Å². The van der Waals surface area contributed by atoms with E-state index in [1.807, 2.05) is 31.2 Å². The average Bonchev–Trinajstić information content (AvgIpc) is 2.85. The summed E-state index contributed by atoms with van der Waals surface area (Å²) in [6.45, 7) is 1.98. The summed E-state index contributed by atoms with van der Waals surface area (Å²) >= 11 is 3.01. The van der Waals surface area contributed by atoms with Crippen molar-refractivity contribution in [1.82, 2.24) is 0 Å². The van der Waals surface area contributed by atoms with E-state index < -0.39 is 0 Å². The molecule has 5 nitrogen and oxygen atoms in total. The molecule has 28 heavy (non-hydrogen) atoms. The minimum absolute atomic E-state index is 0.100. The van der Waals surface area contributed by atoms with Gasteiger partial charge in [0.05, 0.1) is 17.9 Å². The number of benzene rings is 1. The second-order valence-electron chi connectivity index (χ2n) is 6.84. The molecule has 0 spiro atoms. The number of rotatable bonds is 6. The predicted molar refractivity (Wildman–Crippen MR) is 116 cm³/mol. The van der Waals surface area contributed by atoms with Crippen LogP contribution in [0.25, 0.3) is 0 Å². The molecule has 0 fully saturated rings. The van der Waals surface area contributed by atoms with Gasteiger partial charge in [-0.3, -0.25) is 4.79 Å². The molecule has 1 amide bonds. The number of nitrogen functional groups attached to an aromatic ring is 1. The van der Waals surface area contributed by atoms with Crippen molar-refractivity contribution in [2.75, 3.05) is 18.2 Å². The topological polar surface area (TPSA) is 81.4 Å². The summed E-state index contributed by atoms with van der Waals surface area (Å²) < 4.78 is 5.02. The fourth-order valence-corrected chi connectivity index (χ4v) is 5.72. The zero-order valence-corrected chi connectivity index (χ0v) is 17.9. The maximum Gasteiger partial charge on any atom is 0.341 e.